The molecule has 1 N–H and O–H groups in total. The molecular weight excluding hydrogens is 398 g/mol. The number of allylic oxidation sites excluding steroid dienone is 2. The average molecular weight is 432 g/mol. The van der Waals surface area contributed by atoms with Crippen LogP contribution in [0.3, 0.4) is 0 Å². The molecule has 1 saturated heterocycles. The molecule has 1 aliphatic rings. The third-order valence-corrected chi connectivity index (χ3v) is 4.61. The number of nitrogens with zero attached hydrogens (tertiary/aromatic N) is 4. The van der Waals surface area contributed by atoms with Crippen LogP contribution in [0.4, 0.5) is 16.6 Å². The highest BCUT2D eigenvalue weighted by Gasteiger charge is 2.32. The number of ether oxygens (including phenoxy) is 2. The molecule has 170 valence electrons. The average Bonchev–Trinajstić information content (AvgIpc) is 3.04. The summed E-state index contributed by atoms with van der Waals surface area (Å²) >= 11 is 0. The summed E-state index contributed by atoms with van der Waals surface area (Å²) in [4.78, 5) is 34.7. The standard InChI is InChI=1S/C22H33N5O4/c1-8-30-19(28)17-18(23-7)25-20(27(17)13-11-15(2)3)26-12-9-10-16(14-26)24-21(29)31-22(4,5)6/h11,16H,8-10,12-14H2,1-6H3,(H,24,29). The third kappa shape index (κ3) is 6.74. The molecule has 1 unspecified atom stereocenters. The summed E-state index contributed by atoms with van der Waals surface area (Å²) in [5, 5.41) is 2.92. The molecule has 9 nitrogen and oxygen atoms in total. The van der Waals surface area contributed by atoms with Crippen molar-refractivity contribution in [1.29, 1.82) is 0 Å². The molecule has 1 aromatic rings. The van der Waals surface area contributed by atoms with Gasteiger partial charge in [-0.2, -0.15) is 0 Å². The van der Waals surface area contributed by atoms with Gasteiger partial charge in [-0.15, -0.1) is 0 Å². The molecule has 1 aliphatic heterocycles. The molecule has 0 bridgehead atoms. The number of carbonyl (C=O) groups excluding carboxylic acids is 2. The maximum Gasteiger partial charge on any atom is 0.407 e. The van der Waals surface area contributed by atoms with E-state index >= 15 is 0 Å². The number of hydrogen-bond donors (Lipinski definition) is 1. The van der Waals surface area contributed by atoms with Crippen LogP contribution in [0.25, 0.3) is 4.85 Å². The number of imidazole rings is 1. The highest BCUT2D eigenvalue weighted by atomic mass is 16.6. The van der Waals surface area contributed by atoms with E-state index in [1.54, 1.807) is 11.5 Å². The molecule has 0 radical (unpaired) electrons. The van der Waals surface area contributed by atoms with Crippen molar-refractivity contribution in [1.82, 2.24) is 14.9 Å². The minimum Gasteiger partial charge on any atom is -0.462 e. The van der Waals surface area contributed by atoms with Crippen LogP contribution in [-0.4, -0.2) is 53.0 Å². The fourth-order valence-electron chi connectivity index (χ4n) is 3.35. The second kappa shape index (κ2) is 10.3. The number of aromatic nitrogens is 2. The van der Waals surface area contributed by atoms with Gasteiger partial charge in [-0.3, -0.25) is 4.57 Å². The van der Waals surface area contributed by atoms with Gasteiger partial charge in [0.15, 0.2) is 5.69 Å². The highest BCUT2D eigenvalue weighted by Crippen LogP contribution is 2.29. The predicted molar refractivity (Wildman–Crippen MR) is 118 cm³/mol. The number of piperidine rings is 1. The van der Waals surface area contributed by atoms with Crippen LogP contribution in [0.1, 0.15) is 64.9 Å². The summed E-state index contributed by atoms with van der Waals surface area (Å²) in [6.45, 7) is 20.5. The Labute approximate surface area is 184 Å². The van der Waals surface area contributed by atoms with Gasteiger partial charge in [-0.25, -0.2) is 9.59 Å². The Balaban J connectivity index is 2.33. The van der Waals surface area contributed by atoms with E-state index < -0.39 is 17.7 Å². The van der Waals surface area contributed by atoms with E-state index in [9.17, 15) is 9.59 Å². The van der Waals surface area contributed by atoms with Crippen molar-refractivity contribution in [3.63, 3.8) is 0 Å². The van der Waals surface area contributed by atoms with Crippen LogP contribution in [-0.2, 0) is 16.0 Å². The molecule has 0 aromatic carbocycles. The van der Waals surface area contributed by atoms with Crippen LogP contribution in [0.15, 0.2) is 11.6 Å². The molecule has 1 fully saturated rings. The van der Waals surface area contributed by atoms with E-state index in [0.717, 1.165) is 18.4 Å². The van der Waals surface area contributed by atoms with Gasteiger partial charge in [0.2, 0.25) is 0 Å². The number of nitrogens with one attached hydrogen (secondary N) is 1. The lowest BCUT2D eigenvalue weighted by molar-refractivity contribution is 0.0496. The van der Waals surface area contributed by atoms with Gasteiger partial charge in [0.05, 0.1) is 6.61 Å². The van der Waals surface area contributed by atoms with E-state index in [2.05, 4.69) is 15.1 Å². The summed E-state index contributed by atoms with van der Waals surface area (Å²) < 4.78 is 12.3. The first kappa shape index (κ1) is 24.3. The quantitative estimate of drug-likeness (QED) is 0.415. The minimum atomic E-state index is -0.571. The van der Waals surface area contributed by atoms with Crippen LogP contribution in [0.5, 0.6) is 0 Å². The van der Waals surface area contributed by atoms with E-state index in [1.165, 1.54) is 0 Å². The molecule has 0 saturated carbocycles. The van der Waals surface area contributed by atoms with E-state index in [0.29, 0.717) is 25.6 Å². The van der Waals surface area contributed by atoms with E-state index in [1.807, 2.05) is 45.6 Å². The van der Waals surface area contributed by atoms with Crippen LogP contribution in [0, 0.1) is 6.57 Å². The Morgan fingerprint density at radius 1 is 1.35 bits per heavy atom. The van der Waals surface area contributed by atoms with Crippen molar-refractivity contribution in [3.8, 4) is 0 Å². The first-order valence-corrected chi connectivity index (χ1v) is 10.6. The molecule has 31 heavy (non-hydrogen) atoms. The first-order valence-electron chi connectivity index (χ1n) is 10.6. The first-order chi connectivity index (χ1) is 14.6. The molecule has 2 rings (SSSR count). The van der Waals surface area contributed by atoms with Crippen molar-refractivity contribution < 1.29 is 19.1 Å². The Bertz CT molecular complexity index is 872. The largest absolute Gasteiger partial charge is 0.462 e. The zero-order valence-electron chi connectivity index (χ0n) is 19.3. The maximum absolute atomic E-state index is 12.6. The summed E-state index contributed by atoms with van der Waals surface area (Å²) in [6, 6.07) is -0.125. The highest BCUT2D eigenvalue weighted by molar-refractivity contribution is 5.94. The fraction of sp³-hybridized carbons (Fsp3) is 0.636. The van der Waals surface area contributed by atoms with Gasteiger partial charge >= 0.3 is 23.8 Å². The van der Waals surface area contributed by atoms with Gasteiger partial charge in [-0.05, 0) is 54.4 Å². The van der Waals surface area contributed by atoms with Crippen LogP contribution >= 0.6 is 0 Å². The lowest BCUT2D eigenvalue weighted by atomic mass is 10.1. The Morgan fingerprint density at radius 3 is 2.65 bits per heavy atom. The number of anilines is 1. The fourth-order valence-corrected chi connectivity index (χ4v) is 3.35. The van der Waals surface area contributed by atoms with Crippen molar-refractivity contribution in [2.24, 2.45) is 0 Å². The second-order valence-electron chi connectivity index (χ2n) is 8.74. The molecule has 1 atom stereocenters. The number of alkyl carbamates (subject to hydrolysis) is 1. The summed E-state index contributed by atoms with van der Waals surface area (Å²) in [5.74, 6) is -0.00471. The van der Waals surface area contributed by atoms with Gasteiger partial charge in [0.1, 0.15) is 5.60 Å². The van der Waals surface area contributed by atoms with Gasteiger partial charge < -0.3 is 24.5 Å². The number of hydrogen-bond acceptors (Lipinski definition) is 6. The zero-order chi connectivity index (χ0) is 23.2. The second-order valence-corrected chi connectivity index (χ2v) is 8.74. The normalized spacial score (nSPS) is 16.3. The Kier molecular flexibility index (Phi) is 8.08. The maximum atomic E-state index is 12.6. The summed E-state index contributed by atoms with van der Waals surface area (Å²) in [6.07, 6.45) is 3.16. The SMILES string of the molecule is [C-]#[N+]c1nc(N2CCCC(NC(=O)OC(C)(C)C)C2)n(CC=C(C)C)c1C(=O)OCC. The summed E-state index contributed by atoms with van der Waals surface area (Å²) in [7, 11) is 0. The molecule has 1 amide bonds. The van der Waals surface area contributed by atoms with Crippen LogP contribution < -0.4 is 10.2 Å². The topological polar surface area (TPSA) is 90.1 Å². The van der Waals surface area contributed by atoms with Gasteiger partial charge in [0.25, 0.3) is 0 Å². The lowest BCUT2D eigenvalue weighted by Gasteiger charge is -2.33. The molecule has 2 heterocycles. The molecular formula is C22H33N5O4. The van der Waals surface area contributed by atoms with Gasteiger partial charge in [-0.1, -0.05) is 23.2 Å². The number of esters is 1. The van der Waals surface area contributed by atoms with Crippen molar-refractivity contribution in [2.75, 3.05) is 24.6 Å². The van der Waals surface area contributed by atoms with Crippen LogP contribution in [0.2, 0.25) is 0 Å². The minimum absolute atomic E-state index is 0.0258. The number of carbonyl (C=O) groups is 2. The third-order valence-electron chi connectivity index (χ3n) is 4.61. The predicted octanol–water partition coefficient (Wildman–Crippen LogP) is 4.07. The lowest BCUT2D eigenvalue weighted by Crippen LogP contribution is -2.49. The molecule has 9 heteroatoms. The van der Waals surface area contributed by atoms with Crippen molar-refractivity contribution in [2.45, 2.75) is 72.6 Å². The number of rotatable bonds is 6. The van der Waals surface area contributed by atoms with Crippen molar-refractivity contribution >= 4 is 23.8 Å². The van der Waals surface area contributed by atoms with Crippen molar-refractivity contribution in [3.05, 3.63) is 28.8 Å². The van der Waals surface area contributed by atoms with E-state index in [-0.39, 0.29) is 24.2 Å². The van der Waals surface area contributed by atoms with Gasteiger partial charge in [0, 0.05) is 25.7 Å². The monoisotopic (exact) mass is 431 g/mol. The molecule has 0 spiro atoms. The molecule has 0 aliphatic carbocycles. The zero-order valence-corrected chi connectivity index (χ0v) is 19.3. The Hall–Kier alpha value is -3.02. The summed E-state index contributed by atoms with van der Waals surface area (Å²) in [5.41, 5.74) is 0.673. The Morgan fingerprint density at radius 2 is 2.06 bits per heavy atom. The van der Waals surface area contributed by atoms with E-state index in [4.69, 9.17) is 16.0 Å². The smallest absolute Gasteiger partial charge is 0.407 e. The molecule has 1 aromatic heterocycles. The number of amides is 1.